The van der Waals surface area contributed by atoms with Crippen LogP contribution in [0, 0.1) is 0 Å². The van der Waals surface area contributed by atoms with E-state index in [2.05, 4.69) is 43.8 Å². The molecule has 0 fully saturated rings. The third-order valence-corrected chi connectivity index (χ3v) is 3.62. The highest BCUT2D eigenvalue weighted by Crippen LogP contribution is 2.13. The third kappa shape index (κ3) is 6.15. The van der Waals surface area contributed by atoms with Gasteiger partial charge in [0.25, 0.3) is 0 Å². The first-order valence-electron chi connectivity index (χ1n) is 8.08. The van der Waals surface area contributed by atoms with E-state index in [-0.39, 0.29) is 24.0 Å². The maximum absolute atomic E-state index is 4.41. The smallest absolute Gasteiger partial charge is 0.191 e. The van der Waals surface area contributed by atoms with Crippen LogP contribution < -0.4 is 15.5 Å². The molecule has 0 atom stereocenters. The Hall–Kier alpha value is -1.91. The molecule has 0 bridgehead atoms. The molecule has 2 heterocycles. The first-order chi connectivity index (χ1) is 11.7. The monoisotopic (exact) mass is 458 g/mol. The molecule has 2 aromatic rings. The van der Waals surface area contributed by atoms with Crippen molar-refractivity contribution in [3.63, 3.8) is 0 Å². The Bertz CT molecular complexity index is 668. The average Bonchev–Trinajstić information content (AvgIpc) is 3.05. The number of guanidine groups is 1. The summed E-state index contributed by atoms with van der Waals surface area (Å²) in [4.78, 5) is 10.7. The molecule has 2 N–H and O–H groups in total. The van der Waals surface area contributed by atoms with E-state index in [9.17, 15) is 0 Å². The highest BCUT2D eigenvalue weighted by atomic mass is 127. The summed E-state index contributed by atoms with van der Waals surface area (Å²) in [5.41, 5.74) is 1.12. The summed E-state index contributed by atoms with van der Waals surface area (Å²) >= 11 is 0. The molecule has 2 rings (SSSR count). The van der Waals surface area contributed by atoms with E-state index < -0.39 is 0 Å². The van der Waals surface area contributed by atoms with E-state index in [4.69, 9.17) is 0 Å². The summed E-state index contributed by atoms with van der Waals surface area (Å²) in [5.74, 6) is 2.71. The Morgan fingerprint density at radius 3 is 2.80 bits per heavy atom. The standard InChI is InChI=1S/C16H26N8.HI/c1-5-14-22-21-12-24(14)10-9-19-16(17-2)20-11-13-7-6-8-18-15(13)23(3)4;/h6-8,12H,5,9-11H2,1-4H3,(H2,17,19,20);1H. The summed E-state index contributed by atoms with van der Waals surface area (Å²) in [7, 11) is 5.74. The Morgan fingerprint density at radius 1 is 1.32 bits per heavy atom. The van der Waals surface area contributed by atoms with Crippen LogP contribution in [0.2, 0.25) is 0 Å². The first-order valence-corrected chi connectivity index (χ1v) is 8.08. The SMILES string of the molecule is CCc1nncn1CCNC(=NC)NCc1cccnc1N(C)C.I. The van der Waals surface area contributed by atoms with Gasteiger partial charge in [-0.15, -0.1) is 34.2 Å². The number of halogens is 1. The van der Waals surface area contributed by atoms with Gasteiger partial charge in [0, 0.05) is 59.0 Å². The highest BCUT2D eigenvalue weighted by molar-refractivity contribution is 14.0. The van der Waals surface area contributed by atoms with Gasteiger partial charge in [0.2, 0.25) is 0 Å². The Labute approximate surface area is 166 Å². The number of nitrogens with one attached hydrogen (secondary N) is 2. The molecule has 0 radical (unpaired) electrons. The lowest BCUT2D eigenvalue weighted by Crippen LogP contribution is -2.38. The van der Waals surface area contributed by atoms with Crippen molar-refractivity contribution in [1.29, 1.82) is 0 Å². The third-order valence-electron chi connectivity index (χ3n) is 3.62. The van der Waals surface area contributed by atoms with Crippen molar-refractivity contribution in [3.8, 4) is 0 Å². The summed E-state index contributed by atoms with van der Waals surface area (Å²) in [5, 5.41) is 14.7. The van der Waals surface area contributed by atoms with Crippen molar-refractivity contribution in [3.05, 3.63) is 36.0 Å². The summed E-state index contributed by atoms with van der Waals surface area (Å²) in [6.07, 6.45) is 4.44. The van der Waals surface area contributed by atoms with Gasteiger partial charge in [-0.25, -0.2) is 4.98 Å². The van der Waals surface area contributed by atoms with Gasteiger partial charge in [0.15, 0.2) is 5.96 Å². The van der Waals surface area contributed by atoms with Gasteiger partial charge in [-0.1, -0.05) is 13.0 Å². The lowest BCUT2D eigenvalue weighted by molar-refractivity contribution is 0.632. The van der Waals surface area contributed by atoms with E-state index in [1.807, 2.05) is 29.6 Å². The first kappa shape index (κ1) is 21.1. The van der Waals surface area contributed by atoms with Crippen molar-refractivity contribution in [2.45, 2.75) is 26.4 Å². The quantitative estimate of drug-likeness (QED) is 0.370. The van der Waals surface area contributed by atoms with Gasteiger partial charge in [0.1, 0.15) is 18.0 Å². The van der Waals surface area contributed by atoms with Crippen LogP contribution in [-0.2, 0) is 19.5 Å². The zero-order valence-electron chi connectivity index (χ0n) is 15.2. The molecule has 8 nitrogen and oxygen atoms in total. The molecule has 0 spiro atoms. The van der Waals surface area contributed by atoms with E-state index in [1.54, 1.807) is 19.6 Å². The fraction of sp³-hybridized carbons (Fsp3) is 0.500. The van der Waals surface area contributed by atoms with Crippen LogP contribution in [0.15, 0.2) is 29.6 Å². The summed E-state index contributed by atoms with van der Waals surface area (Å²) in [6, 6.07) is 4.01. The van der Waals surface area contributed by atoms with Gasteiger partial charge >= 0.3 is 0 Å². The number of pyridine rings is 1. The molecule has 138 valence electrons. The lowest BCUT2D eigenvalue weighted by Gasteiger charge is -2.17. The van der Waals surface area contributed by atoms with E-state index >= 15 is 0 Å². The number of hydrogen-bond donors (Lipinski definition) is 2. The second-order valence-electron chi connectivity index (χ2n) is 5.53. The van der Waals surface area contributed by atoms with E-state index in [0.29, 0.717) is 6.54 Å². The minimum Gasteiger partial charge on any atom is -0.362 e. The van der Waals surface area contributed by atoms with Gasteiger partial charge < -0.3 is 20.1 Å². The molecule has 0 aliphatic carbocycles. The Balaban J connectivity index is 0.00000312. The second-order valence-corrected chi connectivity index (χ2v) is 5.53. The van der Waals surface area contributed by atoms with Crippen LogP contribution in [0.5, 0.6) is 0 Å². The number of aryl methyl sites for hydroxylation is 1. The highest BCUT2D eigenvalue weighted by Gasteiger charge is 2.06. The zero-order valence-corrected chi connectivity index (χ0v) is 17.6. The topological polar surface area (TPSA) is 83.3 Å². The van der Waals surface area contributed by atoms with Crippen molar-refractivity contribution in [1.82, 2.24) is 30.4 Å². The van der Waals surface area contributed by atoms with Crippen LogP contribution >= 0.6 is 24.0 Å². The number of nitrogens with zero attached hydrogens (tertiary/aromatic N) is 6. The summed E-state index contributed by atoms with van der Waals surface area (Å²) < 4.78 is 2.05. The van der Waals surface area contributed by atoms with Gasteiger partial charge in [-0.2, -0.15) is 0 Å². The number of aliphatic imine (C=N–C) groups is 1. The molecule has 0 aliphatic heterocycles. The molecular formula is C16H27IN8. The minimum absolute atomic E-state index is 0. The minimum atomic E-state index is 0. The number of anilines is 1. The molecule has 0 unspecified atom stereocenters. The summed E-state index contributed by atoms with van der Waals surface area (Å²) in [6.45, 7) is 4.28. The molecule has 0 saturated carbocycles. The van der Waals surface area contributed by atoms with Crippen molar-refractivity contribution in [2.24, 2.45) is 4.99 Å². The molecule has 25 heavy (non-hydrogen) atoms. The normalized spacial score (nSPS) is 11.0. The van der Waals surface area contributed by atoms with Crippen LogP contribution in [0.3, 0.4) is 0 Å². The number of aromatic nitrogens is 4. The Kier molecular flexibility index (Phi) is 9.17. The van der Waals surface area contributed by atoms with Crippen LogP contribution in [-0.4, -0.2) is 53.4 Å². The fourth-order valence-corrected chi connectivity index (χ4v) is 2.40. The zero-order chi connectivity index (χ0) is 17.4. The van der Waals surface area contributed by atoms with Crippen LogP contribution in [0.4, 0.5) is 5.82 Å². The van der Waals surface area contributed by atoms with Crippen molar-refractivity contribution >= 4 is 35.8 Å². The molecule has 0 amide bonds. The predicted octanol–water partition coefficient (Wildman–Crippen LogP) is 1.28. The van der Waals surface area contributed by atoms with Gasteiger partial charge in [-0.05, 0) is 6.07 Å². The molecular weight excluding hydrogens is 431 g/mol. The molecule has 9 heteroatoms. The molecule has 0 aromatic carbocycles. The van der Waals surface area contributed by atoms with E-state index in [1.165, 1.54) is 0 Å². The van der Waals surface area contributed by atoms with Crippen molar-refractivity contribution in [2.75, 3.05) is 32.6 Å². The second kappa shape index (κ2) is 10.9. The molecule has 0 aliphatic rings. The maximum atomic E-state index is 4.41. The molecule has 0 saturated heterocycles. The van der Waals surface area contributed by atoms with E-state index in [0.717, 1.165) is 42.7 Å². The maximum Gasteiger partial charge on any atom is 0.191 e. The largest absolute Gasteiger partial charge is 0.362 e. The van der Waals surface area contributed by atoms with Crippen LogP contribution in [0.25, 0.3) is 0 Å². The lowest BCUT2D eigenvalue weighted by atomic mass is 10.2. The fourth-order valence-electron chi connectivity index (χ4n) is 2.40. The number of rotatable bonds is 7. The average molecular weight is 458 g/mol. The number of hydrogen-bond acceptors (Lipinski definition) is 5. The van der Waals surface area contributed by atoms with Crippen LogP contribution in [0.1, 0.15) is 18.3 Å². The molecule has 2 aromatic heterocycles. The van der Waals surface area contributed by atoms with Gasteiger partial charge in [-0.3, -0.25) is 4.99 Å². The van der Waals surface area contributed by atoms with Gasteiger partial charge in [0.05, 0.1) is 0 Å². The predicted molar refractivity (Wildman–Crippen MR) is 112 cm³/mol. The Morgan fingerprint density at radius 2 is 2.12 bits per heavy atom. The van der Waals surface area contributed by atoms with Crippen molar-refractivity contribution < 1.29 is 0 Å².